The first-order valence-corrected chi connectivity index (χ1v) is 24.0. The number of carboxylic acids is 1. The molecule has 16 heteroatoms. The minimum Gasteiger partial charge on any atom is -0.480 e. The number of amides is 2. The maximum Gasteiger partial charge on any atom is 0.326 e. The minimum absolute atomic E-state index is 0.0872. The van der Waals surface area contributed by atoms with E-state index in [-0.39, 0.29) is 30.8 Å². The highest BCUT2D eigenvalue weighted by atomic mass is 16.4. The molecule has 0 fully saturated rings. The molecule has 2 aliphatic rings. The molecule has 16 nitrogen and oxygen atoms in total. The number of carboxylic acid groups (broad SMARTS) is 1. The quantitative estimate of drug-likeness (QED) is 0.102. The molecule has 2 aliphatic heterocycles. The van der Waals surface area contributed by atoms with E-state index in [9.17, 15) is 19.5 Å². The van der Waals surface area contributed by atoms with Crippen LogP contribution in [-0.4, -0.2) is 59.5 Å². The molecule has 0 radical (unpaired) electrons. The molecule has 6 aromatic carbocycles. The van der Waals surface area contributed by atoms with E-state index in [0.717, 1.165) is 96.6 Å². The number of hydrogen-bond donors (Lipinski definition) is 2. The second-order valence-electron chi connectivity index (χ2n) is 18.2. The van der Waals surface area contributed by atoms with Crippen molar-refractivity contribution < 1.29 is 19.5 Å². The summed E-state index contributed by atoms with van der Waals surface area (Å²) in [5.74, 6) is 0.00484. The fourth-order valence-electron chi connectivity index (χ4n) is 9.25. The van der Waals surface area contributed by atoms with E-state index in [2.05, 4.69) is 98.4 Å². The van der Waals surface area contributed by atoms with Gasteiger partial charge in [-0.25, -0.2) is 19.8 Å². The molecule has 1 atom stereocenters. The zero-order valence-electron chi connectivity index (χ0n) is 41.0. The zero-order valence-corrected chi connectivity index (χ0v) is 41.0. The molecule has 2 N–H and O–H groups in total. The van der Waals surface area contributed by atoms with Gasteiger partial charge in [-0.3, -0.25) is 9.59 Å². The predicted molar refractivity (Wildman–Crippen MR) is 280 cm³/mol. The van der Waals surface area contributed by atoms with Crippen molar-refractivity contribution in [1.82, 2.24) is 29.5 Å². The van der Waals surface area contributed by atoms with E-state index in [1.807, 2.05) is 118 Å². The van der Waals surface area contributed by atoms with Gasteiger partial charge in [0.25, 0.3) is 5.91 Å². The SMILES string of the molecule is C=C1N=NNN1c1ccccc1-c1ccc(CN(C(=O)CCCC)[C@H](C(=O)O)C(C)C)cc1.Cc1cc(-c2nc3ccccc3n2C)cc2c1ncn2Cc1ccc(-c2ccccc2N2N=NCC2=O)cc1. The molecule has 2 amide bonds. The number of aromatic nitrogens is 4. The second-order valence-corrected chi connectivity index (χ2v) is 18.2. The van der Waals surface area contributed by atoms with E-state index in [1.54, 1.807) is 5.01 Å². The Morgan fingerprint density at radius 3 is 2.10 bits per heavy atom. The van der Waals surface area contributed by atoms with Crippen LogP contribution >= 0.6 is 0 Å². The van der Waals surface area contributed by atoms with Crippen molar-refractivity contribution in [1.29, 1.82) is 0 Å². The summed E-state index contributed by atoms with van der Waals surface area (Å²) in [6, 6.07) is 43.5. The minimum atomic E-state index is -0.977. The van der Waals surface area contributed by atoms with Crippen LogP contribution in [-0.2, 0) is 34.5 Å². The molecule has 0 aliphatic carbocycles. The zero-order chi connectivity index (χ0) is 50.5. The van der Waals surface area contributed by atoms with E-state index in [4.69, 9.17) is 9.97 Å². The summed E-state index contributed by atoms with van der Waals surface area (Å²) in [7, 11) is 2.06. The van der Waals surface area contributed by atoms with Crippen LogP contribution in [0.1, 0.15) is 56.7 Å². The maximum atomic E-state index is 12.9. The molecule has 0 spiro atoms. The highest BCUT2D eigenvalue weighted by molar-refractivity contribution is 5.99. The summed E-state index contributed by atoms with van der Waals surface area (Å²) in [4.78, 5) is 48.2. The lowest BCUT2D eigenvalue weighted by Crippen LogP contribution is -2.47. The molecule has 364 valence electrons. The van der Waals surface area contributed by atoms with Crippen molar-refractivity contribution in [3.05, 3.63) is 169 Å². The van der Waals surface area contributed by atoms with Gasteiger partial charge in [0.15, 0.2) is 5.82 Å². The van der Waals surface area contributed by atoms with Gasteiger partial charge in [0.1, 0.15) is 18.4 Å². The van der Waals surface area contributed by atoms with Crippen molar-refractivity contribution in [3.63, 3.8) is 0 Å². The molecular weight excluding hydrogens is 905 g/mol. The standard InChI is InChI=1S/C31H25N7O.C25H31N5O3/c1-20-15-23(31-34-25-8-4-6-10-27(25)36(31)2)16-28-30(20)32-19-37(28)18-21-11-13-22(14-12-21)24-7-3-5-9-26(24)38-29(39)17-33-35-38;1-5-6-11-23(31)29(24(17(2)3)25(32)33)16-19-12-14-20(15-13-19)21-9-7-8-10-22(21)30-18(4)26-27-28-30/h3-16,19H,17-18H2,1-2H3;7-10,12-15,17,24H,4-6,11,16H2,1-3H3,(H,26,28)(H,32,33)/t;24-/m.0/s1. The number of nitrogens with one attached hydrogen (secondary N) is 1. The number of aliphatic carboxylic acids is 1. The number of nitrogens with zero attached hydrogens (tertiary/aromatic N) is 11. The van der Waals surface area contributed by atoms with Crippen molar-refractivity contribution >= 4 is 51.2 Å². The molecular formula is C56H56N12O4. The number of carbonyl (C=O) groups is 3. The Morgan fingerprint density at radius 2 is 1.47 bits per heavy atom. The molecule has 4 heterocycles. The van der Waals surface area contributed by atoms with E-state index < -0.39 is 12.0 Å². The first-order valence-electron chi connectivity index (χ1n) is 24.0. The van der Waals surface area contributed by atoms with Gasteiger partial charge >= 0.3 is 5.97 Å². The molecule has 0 bridgehead atoms. The number of aryl methyl sites for hydroxylation is 2. The number of benzene rings is 6. The van der Waals surface area contributed by atoms with Crippen LogP contribution in [0.25, 0.3) is 55.7 Å². The fourth-order valence-corrected chi connectivity index (χ4v) is 9.25. The number of para-hydroxylation sites is 4. The summed E-state index contributed by atoms with van der Waals surface area (Å²) in [6.07, 6.45) is 3.88. The summed E-state index contributed by atoms with van der Waals surface area (Å²) >= 11 is 0. The summed E-state index contributed by atoms with van der Waals surface area (Å²) in [5.41, 5.74) is 16.7. The third-order valence-corrected chi connectivity index (χ3v) is 12.9. The molecule has 72 heavy (non-hydrogen) atoms. The van der Waals surface area contributed by atoms with Gasteiger partial charge in [-0.05, 0) is 83.5 Å². The first-order chi connectivity index (χ1) is 34.9. The third-order valence-electron chi connectivity index (χ3n) is 12.9. The number of hydrazine groups is 1. The van der Waals surface area contributed by atoms with Gasteiger partial charge in [0, 0.05) is 43.2 Å². The highest BCUT2D eigenvalue weighted by Gasteiger charge is 2.32. The number of anilines is 2. The van der Waals surface area contributed by atoms with Crippen LogP contribution in [0.3, 0.4) is 0 Å². The number of hydrogen-bond acceptors (Lipinski definition) is 11. The van der Waals surface area contributed by atoms with Crippen LogP contribution in [0.2, 0.25) is 0 Å². The Kier molecular flexibility index (Phi) is 14.1. The lowest BCUT2D eigenvalue weighted by molar-refractivity contribution is -0.153. The van der Waals surface area contributed by atoms with Crippen molar-refractivity contribution in [3.8, 4) is 33.6 Å². The normalized spacial score (nSPS) is 13.5. The monoisotopic (exact) mass is 960 g/mol. The first kappa shape index (κ1) is 48.2. The molecule has 8 aromatic rings. The lowest BCUT2D eigenvalue weighted by Gasteiger charge is -2.32. The van der Waals surface area contributed by atoms with Crippen LogP contribution in [0.15, 0.2) is 173 Å². The number of fused-ring (bicyclic) bond motifs is 2. The number of rotatable bonds is 15. The van der Waals surface area contributed by atoms with Gasteiger partial charge in [-0.2, -0.15) is 15.7 Å². The Hall–Kier alpha value is -8.79. The molecule has 2 aromatic heterocycles. The number of carbonyl (C=O) groups excluding carboxylic acids is 2. The van der Waals surface area contributed by atoms with Crippen LogP contribution < -0.4 is 15.6 Å². The number of imidazole rings is 2. The van der Waals surface area contributed by atoms with Crippen LogP contribution in [0.4, 0.5) is 11.4 Å². The Bertz CT molecular complexity index is 3370. The van der Waals surface area contributed by atoms with Gasteiger partial charge < -0.3 is 19.1 Å². The summed E-state index contributed by atoms with van der Waals surface area (Å²) in [6.45, 7) is 12.7. The predicted octanol–water partition coefficient (Wildman–Crippen LogP) is 11.5. The van der Waals surface area contributed by atoms with Crippen molar-refractivity contribution in [2.75, 3.05) is 16.6 Å². The van der Waals surface area contributed by atoms with Gasteiger partial charge in [-0.1, -0.05) is 141 Å². The van der Waals surface area contributed by atoms with Gasteiger partial charge in [0.2, 0.25) is 5.91 Å². The average Bonchev–Trinajstić information content (AvgIpc) is 4.20. The summed E-state index contributed by atoms with van der Waals surface area (Å²) in [5, 5.41) is 28.5. The van der Waals surface area contributed by atoms with Crippen molar-refractivity contribution in [2.24, 2.45) is 33.6 Å². The third kappa shape index (κ3) is 9.97. The van der Waals surface area contributed by atoms with Crippen molar-refractivity contribution in [2.45, 2.75) is 66.1 Å². The Morgan fingerprint density at radius 1 is 0.819 bits per heavy atom. The maximum absolute atomic E-state index is 12.9. The topological polar surface area (TPSA) is 178 Å². The van der Waals surface area contributed by atoms with E-state index >= 15 is 0 Å². The molecule has 10 rings (SSSR count). The Labute approximate surface area is 417 Å². The molecule has 0 saturated heterocycles. The smallest absolute Gasteiger partial charge is 0.326 e. The molecule has 0 saturated carbocycles. The van der Waals surface area contributed by atoms with Gasteiger partial charge in [0.05, 0.1) is 39.8 Å². The lowest BCUT2D eigenvalue weighted by atomic mass is 9.99. The van der Waals surface area contributed by atoms with Crippen LogP contribution in [0.5, 0.6) is 0 Å². The fraction of sp³-hybridized carbons (Fsp3) is 0.232. The van der Waals surface area contributed by atoms with Crippen LogP contribution in [0, 0.1) is 12.8 Å². The average molecular weight is 961 g/mol. The van der Waals surface area contributed by atoms with E-state index in [1.165, 1.54) is 9.91 Å². The summed E-state index contributed by atoms with van der Waals surface area (Å²) < 4.78 is 4.32. The second kappa shape index (κ2) is 21.1. The number of unbranched alkanes of at least 4 members (excludes halogenated alkanes) is 1. The highest BCUT2D eigenvalue weighted by Crippen LogP contribution is 2.35. The largest absolute Gasteiger partial charge is 0.480 e. The Balaban J connectivity index is 0.000000181. The van der Waals surface area contributed by atoms with Gasteiger partial charge in [-0.15, -0.1) is 5.11 Å². The van der Waals surface area contributed by atoms with E-state index in [0.29, 0.717) is 18.8 Å². The molecule has 0 unspecified atom stereocenters.